The van der Waals surface area contributed by atoms with Crippen molar-refractivity contribution in [3.63, 3.8) is 0 Å². The number of fused-ring (bicyclic) bond motifs is 1. The number of benzene rings is 1. The van der Waals surface area contributed by atoms with Crippen LogP contribution in [0.2, 0.25) is 0 Å². The molecule has 0 saturated heterocycles. The van der Waals surface area contributed by atoms with Crippen LogP contribution in [-0.2, 0) is 22.6 Å². The van der Waals surface area contributed by atoms with E-state index < -0.39 is 17.7 Å². The maximum absolute atomic E-state index is 12.0. The summed E-state index contributed by atoms with van der Waals surface area (Å²) in [5.74, 6) is -0.895. The lowest BCUT2D eigenvalue weighted by atomic mass is 10.0. The highest BCUT2D eigenvalue weighted by molar-refractivity contribution is 6.06. The Bertz CT molecular complexity index is 1150. The summed E-state index contributed by atoms with van der Waals surface area (Å²) >= 11 is 0. The van der Waals surface area contributed by atoms with Crippen molar-refractivity contribution in [2.45, 2.75) is 46.4 Å². The molecule has 0 aliphatic rings. The molecule has 0 radical (unpaired) electrons. The molecule has 1 amide bonds. The molecule has 10 heteroatoms. The van der Waals surface area contributed by atoms with Gasteiger partial charge >= 0.3 is 12.1 Å². The second kappa shape index (κ2) is 8.50. The van der Waals surface area contributed by atoms with E-state index >= 15 is 0 Å². The minimum Gasteiger partial charge on any atom is -0.480 e. The minimum absolute atomic E-state index is 0.116. The molecule has 3 aromatic rings. The molecule has 0 spiro atoms. The average molecular weight is 425 g/mol. The van der Waals surface area contributed by atoms with Gasteiger partial charge in [0.05, 0.1) is 12.1 Å². The summed E-state index contributed by atoms with van der Waals surface area (Å²) in [7, 11) is 0. The number of aromatic nitrogens is 4. The van der Waals surface area contributed by atoms with Crippen LogP contribution in [0.1, 0.15) is 44.0 Å². The molecular formula is C21H23N5O5. The topological polar surface area (TPSA) is 136 Å². The van der Waals surface area contributed by atoms with Crippen LogP contribution in [0, 0.1) is 0 Å². The van der Waals surface area contributed by atoms with Gasteiger partial charge in [-0.15, -0.1) is 0 Å². The zero-order valence-corrected chi connectivity index (χ0v) is 17.7. The number of carbonyl (C=O) groups is 3. The van der Waals surface area contributed by atoms with E-state index in [2.05, 4.69) is 20.4 Å². The summed E-state index contributed by atoms with van der Waals surface area (Å²) in [5.41, 5.74) is 1.61. The molecule has 2 aromatic heterocycles. The molecule has 0 saturated carbocycles. The molecule has 2 N–H and O–H groups in total. The highest BCUT2D eigenvalue weighted by atomic mass is 16.6. The van der Waals surface area contributed by atoms with Gasteiger partial charge in [-0.2, -0.15) is 5.10 Å². The van der Waals surface area contributed by atoms with Gasteiger partial charge < -0.3 is 15.2 Å². The van der Waals surface area contributed by atoms with Crippen LogP contribution in [0.4, 0.5) is 4.79 Å². The number of nitrogens with one attached hydrogen (secondary N) is 1. The van der Waals surface area contributed by atoms with E-state index in [1.54, 1.807) is 51.4 Å². The van der Waals surface area contributed by atoms with E-state index in [-0.39, 0.29) is 24.6 Å². The predicted molar refractivity (Wildman–Crippen MR) is 111 cm³/mol. The summed E-state index contributed by atoms with van der Waals surface area (Å²) < 4.78 is 6.46. The highest BCUT2D eigenvalue weighted by Gasteiger charge is 2.18. The number of amides is 1. The smallest absolute Gasteiger partial charge is 0.408 e. The third kappa shape index (κ3) is 5.41. The Morgan fingerprint density at radius 2 is 1.81 bits per heavy atom. The lowest BCUT2D eigenvalue weighted by molar-refractivity contribution is -0.137. The largest absolute Gasteiger partial charge is 0.480 e. The van der Waals surface area contributed by atoms with Gasteiger partial charge in [0, 0.05) is 30.3 Å². The SMILES string of the molecule is CC(=O)c1nn(CC(=O)O)c2ccc(-c3cnc(CNC(=O)OC(C)(C)C)nc3)cc12. The first kappa shape index (κ1) is 21.9. The second-order valence-corrected chi connectivity index (χ2v) is 7.93. The molecule has 2 heterocycles. The molecular weight excluding hydrogens is 402 g/mol. The number of carboxylic acids is 1. The number of carboxylic acid groups (broad SMARTS) is 1. The van der Waals surface area contributed by atoms with Gasteiger partial charge in [0.1, 0.15) is 23.7 Å². The zero-order valence-electron chi connectivity index (χ0n) is 17.7. The maximum atomic E-state index is 12.0. The summed E-state index contributed by atoms with van der Waals surface area (Å²) in [4.78, 5) is 43.3. The molecule has 0 fully saturated rings. The van der Waals surface area contributed by atoms with Crippen molar-refractivity contribution in [1.82, 2.24) is 25.1 Å². The van der Waals surface area contributed by atoms with E-state index in [0.29, 0.717) is 22.3 Å². The summed E-state index contributed by atoms with van der Waals surface area (Å²) in [5, 5.41) is 16.4. The Morgan fingerprint density at radius 3 is 2.39 bits per heavy atom. The van der Waals surface area contributed by atoms with Crippen LogP contribution < -0.4 is 5.32 Å². The number of aliphatic carboxylic acids is 1. The van der Waals surface area contributed by atoms with E-state index in [1.165, 1.54) is 11.6 Å². The van der Waals surface area contributed by atoms with Crippen LogP contribution in [0.15, 0.2) is 30.6 Å². The number of ether oxygens (including phenoxy) is 1. The first-order valence-corrected chi connectivity index (χ1v) is 9.55. The number of ketones is 1. The third-order valence-corrected chi connectivity index (χ3v) is 4.20. The van der Waals surface area contributed by atoms with E-state index in [9.17, 15) is 14.4 Å². The fraction of sp³-hybridized carbons (Fsp3) is 0.333. The maximum Gasteiger partial charge on any atom is 0.408 e. The van der Waals surface area contributed by atoms with Crippen molar-refractivity contribution in [3.8, 4) is 11.1 Å². The van der Waals surface area contributed by atoms with E-state index in [4.69, 9.17) is 9.84 Å². The Balaban J connectivity index is 1.82. The Morgan fingerprint density at radius 1 is 1.13 bits per heavy atom. The van der Waals surface area contributed by atoms with Gasteiger partial charge in [-0.3, -0.25) is 14.3 Å². The number of hydrogen-bond acceptors (Lipinski definition) is 7. The fourth-order valence-electron chi connectivity index (χ4n) is 2.93. The highest BCUT2D eigenvalue weighted by Crippen LogP contribution is 2.26. The zero-order chi connectivity index (χ0) is 22.8. The minimum atomic E-state index is -1.05. The van der Waals surface area contributed by atoms with Crippen LogP contribution in [-0.4, -0.2) is 48.3 Å². The molecule has 3 rings (SSSR count). The van der Waals surface area contributed by atoms with Crippen molar-refractivity contribution in [1.29, 1.82) is 0 Å². The summed E-state index contributed by atoms with van der Waals surface area (Å²) in [6, 6.07) is 5.25. The van der Waals surface area contributed by atoms with Crippen molar-refractivity contribution in [2.75, 3.05) is 0 Å². The van der Waals surface area contributed by atoms with Crippen molar-refractivity contribution in [2.24, 2.45) is 0 Å². The van der Waals surface area contributed by atoms with Gasteiger partial charge in [-0.25, -0.2) is 14.8 Å². The van der Waals surface area contributed by atoms with Crippen LogP contribution in [0.5, 0.6) is 0 Å². The molecule has 1 aromatic carbocycles. The Kier molecular flexibility index (Phi) is 6.00. The number of carbonyl (C=O) groups excluding carboxylic acids is 2. The number of Topliss-reactive ketones (excluding diaryl/α,β-unsaturated/α-hetero) is 1. The molecule has 31 heavy (non-hydrogen) atoms. The fourth-order valence-corrected chi connectivity index (χ4v) is 2.93. The number of alkyl carbamates (subject to hydrolysis) is 1. The molecule has 10 nitrogen and oxygen atoms in total. The van der Waals surface area contributed by atoms with E-state index in [0.717, 1.165) is 5.56 Å². The first-order valence-electron chi connectivity index (χ1n) is 9.55. The summed E-state index contributed by atoms with van der Waals surface area (Å²) in [6.07, 6.45) is 2.66. The lowest BCUT2D eigenvalue weighted by Gasteiger charge is -2.19. The normalized spacial score (nSPS) is 11.4. The third-order valence-electron chi connectivity index (χ3n) is 4.20. The van der Waals surface area contributed by atoms with Crippen molar-refractivity contribution < 1.29 is 24.2 Å². The van der Waals surface area contributed by atoms with E-state index in [1.807, 2.05) is 0 Å². The first-order chi connectivity index (χ1) is 14.5. The number of nitrogens with zero attached hydrogens (tertiary/aromatic N) is 4. The van der Waals surface area contributed by atoms with Gasteiger partial charge in [-0.05, 0) is 38.5 Å². The standard InChI is InChI=1S/C21H23N5O5/c1-12(27)19-15-7-13(5-6-16(15)26(25-19)11-18(28)29)14-8-22-17(23-9-14)10-24-20(30)31-21(2,3)4/h5-9H,10-11H2,1-4H3,(H,24,30)(H,28,29). The molecule has 162 valence electrons. The molecule has 0 aliphatic heterocycles. The van der Waals surface area contributed by atoms with Gasteiger partial charge in [-0.1, -0.05) is 6.07 Å². The number of hydrogen-bond donors (Lipinski definition) is 2. The van der Waals surface area contributed by atoms with Crippen molar-refractivity contribution in [3.05, 3.63) is 42.1 Å². The second-order valence-electron chi connectivity index (χ2n) is 7.93. The van der Waals surface area contributed by atoms with Crippen LogP contribution in [0.25, 0.3) is 22.0 Å². The predicted octanol–water partition coefficient (Wildman–Crippen LogP) is 2.81. The Labute approximate surface area is 178 Å². The van der Waals surface area contributed by atoms with Crippen LogP contribution in [0.3, 0.4) is 0 Å². The van der Waals surface area contributed by atoms with Gasteiger partial charge in [0.25, 0.3) is 0 Å². The number of rotatable bonds is 6. The molecule has 0 unspecified atom stereocenters. The Hall–Kier alpha value is -3.82. The van der Waals surface area contributed by atoms with Gasteiger partial charge in [0.2, 0.25) is 0 Å². The molecule has 0 atom stereocenters. The molecule has 0 aliphatic carbocycles. The average Bonchev–Trinajstić information content (AvgIpc) is 3.03. The molecule has 0 bridgehead atoms. The summed E-state index contributed by atoms with van der Waals surface area (Å²) in [6.45, 7) is 6.48. The monoisotopic (exact) mass is 425 g/mol. The quantitative estimate of drug-likeness (QED) is 0.575. The lowest BCUT2D eigenvalue weighted by Crippen LogP contribution is -2.32. The van der Waals surface area contributed by atoms with Crippen molar-refractivity contribution >= 4 is 28.7 Å². The van der Waals surface area contributed by atoms with Gasteiger partial charge in [0.15, 0.2) is 5.78 Å². The van der Waals surface area contributed by atoms with Crippen LogP contribution >= 0.6 is 0 Å².